The number of pyridine rings is 1. The van der Waals surface area contributed by atoms with Crippen LogP contribution in [0.5, 0.6) is 0 Å². The predicted octanol–water partition coefficient (Wildman–Crippen LogP) is 1.77. The largest absolute Gasteiger partial charge is 0.395 e. The minimum absolute atomic E-state index is 0.0765. The van der Waals surface area contributed by atoms with Gasteiger partial charge in [-0.15, -0.1) is 0 Å². The number of aromatic nitrogens is 1. The summed E-state index contributed by atoms with van der Waals surface area (Å²) in [6.45, 7) is 0.862. The third kappa shape index (κ3) is 3.95. The van der Waals surface area contributed by atoms with E-state index in [2.05, 4.69) is 22.4 Å². The van der Waals surface area contributed by atoms with Gasteiger partial charge < -0.3 is 10.4 Å². The van der Waals surface area contributed by atoms with Crippen molar-refractivity contribution >= 4 is 0 Å². The summed E-state index contributed by atoms with van der Waals surface area (Å²) < 4.78 is 0. The maximum Gasteiger partial charge on any atom is 0.0587 e. The molecule has 3 nitrogen and oxygen atoms in total. The highest BCUT2D eigenvalue weighted by atomic mass is 16.3. The van der Waals surface area contributed by atoms with Crippen LogP contribution in [0.15, 0.2) is 54.9 Å². The lowest BCUT2D eigenvalue weighted by molar-refractivity contribution is 0.241. The van der Waals surface area contributed by atoms with Crippen LogP contribution in [-0.4, -0.2) is 22.7 Å². The molecule has 1 atom stereocenters. The molecular weight excluding hydrogens is 224 g/mol. The summed E-state index contributed by atoms with van der Waals surface area (Å²) in [5.41, 5.74) is 2.36. The lowest BCUT2D eigenvalue weighted by Crippen LogP contribution is -2.34. The van der Waals surface area contributed by atoms with Gasteiger partial charge in [0.05, 0.1) is 6.61 Å². The van der Waals surface area contributed by atoms with Crippen LogP contribution in [0.1, 0.15) is 11.1 Å². The zero-order valence-electron chi connectivity index (χ0n) is 10.3. The molecule has 0 bridgehead atoms. The van der Waals surface area contributed by atoms with Gasteiger partial charge in [-0.3, -0.25) is 4.98 Å². The number of aliphatic hydroxyl groups is 1. The molecule has 0 fully saturated rings. The fourth-order valence-corrected chi connectivity index (χ4v) is 1.86. The molecule has 1 aromatic carbocycles. The number of nitrogens with zero attached hydrogens (tertiary/aromatic N) is 1. The van der Waals surface area contributed by atoms with Gasteiger partial charge in [0, 0.05) is 25.0 Å². The lowest BCUT2D eigenvalue weighted by Gasteiger charge is -2.16. The van der Waals surface area contributed by atoms with E-state index in [-0.39, 0.29) is 12.6 Å². The van der Waals surface area contributed by atoms with Crippen molar-refractivity contribution in [2.24, 2.45) is 0 Å². The van der Waals surface area contributed by atoms with E-state index in [1.165, 1.54) is 5.56 Å². The Bertz CT molecular complexity index is 445. The lowest BCUT2D eigenvalue weighted by atomic mass is 10.1. The molecule has 2 N–H and O–H groups in total. The van der Waals surface area contributed by atoms with Crippen molar-refractivity contribution < 1.29 is 5.11 Å². The van der Waals surface area contributed by atoms with E-state index >= 15 is 0 Å². The Balaban J connectivity index is 1.86. The topological polar surface area (TPSA) is 45.1 Å². The van der Waals surface area contributed by atoms with Crippen molar-refractivity contribution in [3.63, 3.8) is 0 Å². The van der Waals surface area contributed by atoms with E-state index in [1.807, 2.05) is 36.5 Å². The Morgan fingerprint density at radius 2 is 1.83 bits per heavy atom. The Kier molecular flexibility index (Phi) is 4.88. The summed E-state index contributed by atoms with van der Waals surface area (Å²) in [5.74, 6) is 0. The fourth-order valence-electron chi connectivity index (χ4n) is 1.86. The molecule has 1 heterocycles. The van der Waals surface area contributed by atoms with Crippen LogP contribution in [-0.2, 0) is 13.0 Å². The minimum Gasteiger partial charge on any atom is -0.395 e. The van der Waals surface area contributed by atoms with E-state index in [1.54, 1.807) is 6.20 Å². The van der Waals surface area contributed by atoms with Crippen LogP contribution in [0.25, 0.3) is 0 Å². The van der Waals surface area contributed by atoms with Crippen LogP contribution >= 0.6 is 0 Å². The van der Waals surface area contributed by atoms with Gasteiger partial charge in [-0.25, -0.2) is 0 Å². The molecule has 0 saturated heterocycles. The molecule has 3 heteroatoms. The Morgan fingerprint density at radius 3 is 2.50 bits per heavy atom. The number of nitrogens with one attached hydrogen (secondary N) is 1. The molecule has 0 spiro atoms. The van der Waals surface area contributed by atoms with Crippen molar-refractivity contribution in [2.45, 2.75) is 19.0 Å². The van der Waals surface area contributed by atoms with E-state index in [0.29, 0.717) is 0 Å². The molecule has 0 aliphatic heterocycles. The van der Waals surface area contributed by atoms with E-state index in [9.17, 15) is 5.11 Å². The van der Waals surface area contributed by atoms with Crippen LogP contribution in [0, 0.1) is 0 Å². The third-order valence-corrected chi connectivity index (χ3v) is 2.86. The summed E-state index contributed by atoms with van der Waals surface area (Å²) in [4.78, 5) is 4.07. The van der Waals surface area contributed by atoms with Gasteiger partial charge in [0.25, 0.3) is 0 Å². The van der Waals surface area contributed by atoms with Gasteiger partial charge in [-0.05, 0) is 23.6 Å². The molecular formula is C15H18N2O. The number of hydrogen-bond acceptors (Lipinski definition) is 3. The Morgan fingerprint density at radius 1 is 1.06 bits per heavy atom. The Hall–Kier alpha value is -1.71. The molecule has 0 amide bonds. The van der Waals surface area contributed by atoms with Gasteiger partial charge in [0.15, 0.2) is 0 Å². The highest BCUT2D eigenvalue weighted by molar-refractivity contribution is 5.16. The van der Waals surface area contributed by atoms with E-state index in [4.69, 9.17) is 0 Å². The van der Waals surface area contributed by atoms with Gasteiger partial charge in [-0.2, -0.15) is 0 Å². The van der Waals surface area contributed by atoms with Crippen LogP contribution in [0.3, 0.4) is 0 Å². The van der Waals surface area contributed by atoms with Crippen molar-refractivity contribution in [1.29, 1.82) is 0 Å². The first-order valence-corrected chi connectivity index (χ1v) is 6.15. The van der Waals surface area contributed by atoms with E-state index < -0.39 is 0 Å². The van der Waals surface area contributed by atoms with Crippen molar-refractivity contribution in [3.8, 4) is 0 Å². The maximum absolute atomic E-state index is 9.39. The van der Waals surface area contributed by atoms with Crippen molar-refractivity contribution in [1.82, 2.24) is 10.3 Å². The fraction of sp³-hybridized carbons (Fsp3) is 0.267. The molecule has 1 aromatic heterocycles. The van der Waals surface area contributed by atoms with Crippen LogP contribution in [0.4, 0.5) is 0 Å². The molecule has 0 aliphatic rings. The number of rotatable bonds is 6. The van der Waals surface area contributed by atoms with Gasteiger partial charge in [0.1, 0.15) is 0 Å². The first-order valence-electron chi connectivity index (χ1n) is 6.15. The second-order valence-corrected chi connectivity index (χ2v) is 4.31. The highest BCUT2D eigenvalue weighted by Gasteiger charge is 2.07. The molecule has 2 aromatic rings. The average molecular weight is 242 g/mol. The smallest absolute Gasteiger partial charge is 0.0587 e. The summed E-state index contributed by atoms with van der Waals surface area (Å²) in [5, 5.41) is 12.7. The molecule has 94 valence electrons. The average Bonchev–Trinajstić information content (AvgIpc) is 2.45. The highest BCUT2D eigenvalue weighted by Crippen LogP contribution is 2.04. The molecule has 0 aliphatic carbocycles. The molecule has 2 rings (SSSR count). The second-order valence-electron chi connectivity index (χ2n) is 4.31. The first-order chi connectivity index (χ1) is 8.88. The standard InChI is InChI=1S/C15H18N2O/c18-12-15(9-13-5-2-1-3-6-13)17-11-14-7-4-8-16-10-14/h1-8,10,15,17-18H,9,11-12H2/t15-/m0/s1. The zero-order valence-corrected chi connectivity index (χ0v) is 10.3. The summed E-state index contributed by atoms with van der Waals surface area (Å²) >= 11 is 0. The minimum atomic E-state index is 0.0765. The Labute approximate surface area is 108 Å². The number of aliphatic hydroxyl groups excluding tert-OH is 1. The van der Waals surface area contributed by atoms with Gasteiger partial charge in [0.2, 0.25) is 0 Å². The normalized spacial score (nSPS) is 12.3. The van der Waals surface area contributed by atoms with Crippen LogP contribution in [0.2, 0.25) is 0 Å². The first kappa shape index (κ1) is 12.7. The second kappa shape index (κ2) is 6.89. The van der Waals surface area contributed by atoms with Gasteiger partial charge >= 0.3 is 0 Å². The van der Waals surface area contributed by atoms with Crippen molar-refractivity contribution in [3.05, 3.63) is 66.0 Å². The maximum atomic E-state index is 9.39. The molecule has 0 saturated carbocycles. The summed E-state index contributed by atoms with van der Waals surface area (Å²) in [7, 11) is 0. The monoisotopic (exact) mass is 242 g/mol. The molecule has 0 radical (unpaired) electrons. The number of hydrogen-bond donors (Lipinski definition) is 2. The molecule has 18 heavy (non-hydrogen) atoms. The zero-order chi connectivity index (χ0) is 12.6. The summed E-state index contributed by atoms with van der Waals surface area (Å²) in [6, 6.07) is 14.2. The number of benzene rings is 1. The van der Waals surface area contributed by atoms with Crippen molar-refractivity contribution in [2.75, 3.05) is 6.61 Å². The SMILES string of the molecule is OC[C@H](Cc1ccccc1)NCc1cccnc1. The van der Waals surface area contributed by atoms with E-state index in [0.717, 1.165) is 18.5 Å². The summed E-state index contributed by atoms with van der Waals surface area (Å²) in [6.07, 6.45) is 4.43. The van der Waals surface area contributed by atoms with Crippen LogP contribution < -0.4 is 5.32 Å². The quantitative estimate of drug-likeness (QED) is 0.811. The predicted molar refractivity (Wildman–Crippen MR) is 72.1 cm³/mol. The molecule has 0 unspecified atom stereocenters. The van der Waals surface area contributed by atoms with Gasteiger partial charge in [-0.1, -0.05) is 36.4 Å². The third-order valence-electron chi connectivity index (χ3n) is 2.86.